The summed E-state index contributed by atoms with van der Waals surface area (Å²) in [4.78, 5) is 23.3. The van der Waals surface area contributed by atoms with Crippen molar-refractivity contribution in [1.82, 2.24) is 5.32 Å². The second kappa shape index (κ2) is 6.30. The zero-order valence-corrected chi connectivity index (χ0v) is 11.0. The maximum atomic E-state index is 11.8. The lowest BCUT2D eigenvalue weighted by atomic mass is 10.1. The van der Waals surface area contributed by atoms with Gasteiger partial charge in [-0.2, -0.15) is 0 Å². The number of primary amides is 1. The molecule has 6 heteroatoms. The number of carbonyl (C=O) groups is 2. The molecule has 0 unspecified atom stereocenters. The molecule has 0 aliphatic rings. The first-order chi connectivity index (χ1) is 8.40. The van der Waals surface area contributed by atoms with E-state index in [0.717, 1.165) is 4.90 Å². The van der Waals surface area contributed by atoms with Gasteiger partial charge >= 0.3 is 6.03 Å². The van der Waals surface area contributed by atoms with Gasteiger partial charge in [-0.3, -0.25) is 10.1 Å². The molecule has 0 aliphatic carbocycles. The van der Waals surface area contributed by atoms with Crippen LogP contribution in [0.1, 0.15) is 13.8 Å². The lowest BCUT2D eigenvalue weighted by molar-refractivity contribution is -0.120. The van der Waals surface area contributed by atoms with Crippen LogP contribution in [0, 0.1) is 5.92 Å². The number of rotatable bonds is 4. The largest absolute Gasteiger partial charge is 0.508 e. The number of nitrogens with two attached hydrogens (primary N) is 1. The van der Waals surface area contributed by atoms with Gasteiger partial charge in [-0.05, 0) is 30.2 Å². The molecule has 5 nitrogen and oxygen atoms in total. The van der Waals surface area contributed by atoms with Crippen molar-refractivity contribution >= 4 is 23.7 Å². The molecule has 1 aromatic carbocycles. The highest BCUT2D eigenvalue weighted by atomic mass is 32.2. The van der Waals surface area contributed by atoms with Gasteiger partial charge in [-0.15, -0.1) is 11.8 Å². The van der Waals surface area contributed by atoms with Gasteiger partial charge in [0.1, 0.15) is 5.75 Å². The Kier molecular flexibility index (Phi) is 5.03. The third kappa shape index (κ3) is 4.29. The van der Waals surface area contributed by atoms with E-state index in [1.54, 1.807) is 24.3 Å². The minimum atomic E-state index is -0.850. The zero-order valence-electron chi connectivity index (χ0n) is 10.2. The molecule has 0 saturated heterocycles. The van der Waals surface area contributed by atoms with Crippen LogP contribution in [-0.4, -0.2) is 22.3 Å². The van der Waals surface area contributed by atoms with Gasteiger partial charge in [0.25, 0.3) is 0 Å². The predicted octanol–water partition coefficient (Wildman–Crippen LogP) is 1.70. The standard InChI is InChI=1S/C12H16N2O3S/c1-7(2)10(11(16)14-12(13)17)18-9-5-3-8(15)4-6-9/h3-7,10,15H,1-2H3,(H3,13,14,16,17)/t10-/m1/s1. The Labute approximate surface area is 110 Å². The molecule has 98 valence electrons. The number of phenolic OH excluding ortho intramolecular Hbond substituents is 1. The summed E-state index contributed by atoms with van der Waals surface area (Å²) in [7, 11) is 0. The molecule has 0 aromatic heterocycles. The second-order valence-electron chi connectivity index (χ2n) is 4.13. The molecule has 3 amide bonds. The van der Waals surface area contributed by atoms with E-state index < -0.39 is 17.2 Å². The monoisotopic (exact) mass is 268 g/mol. The average molecular weight is 268 g/mol. The molecular formula is C12H16N2O3S. The summed E-state index contributed by atoms with van der Waals surface area (Å²) < 4.78 is 0. The van der Waals surface area contributed by atoms with Crippen molar-refractivity contribution in [3.8, 4) is 5.75 Å². The normalized spacial score (nSPS) is 12.2. The van der Waals surface area contributed by atoms with E-state index in [4.69, 9.17) is 5.73 Å². The Hall–Kier alpha value is -1.69. The first-order valence-electron chi connectivity index (χ1n) is 5.46. The molecule has 18 heavy (non-hydrogen) atoms. The number of hydrogen-bond acceptors (Lipinski definition) is 4. The number of nitrogens with one attached hydrogen (secondary N) is 1. The number of thioether (sulfide) groups is 1. The van der Waals surface area contributed by atoms with E-state index in [-0.39, 0.29) is 11.7 Å². The van der Waals surface area contributed by atoms with Crippen LogP contribution < -0.4 is 11.1 Å². The molecule has 0 fully saturated rings. The van der Waals surface area contributed by atoms with Crippen LogP contribution in [0.3, 0.4) is 0 Å². The summed E-state index contributed by atoms with van der Waals surface area (Å²) in [5.41, 5.74) is 4.93. The van der Waals surface area contributed by atoms with Crippen LogP contribution in [-0.2, 0) is 4.79 Å². The molecule has 0 saturated carbocycles. The Balaban J connectivity index is 2.77. The number of aromatic hydroxyl groups is 1. The van der Waals surface area contributed by atoms with Crippen LogP contribution in [0.25, 0.3) is 0 Å². The van der Waals surface area contributed by atoms with Gasteiger partial charge in [-0.1, -0.05) is 13.8 Å². The topological polar surface area (TPSA) is 92.4 Å². The molecular weight excluding hydrogens is 252 g/mol. The van der Waals surface area contributed by atoms with E-state index in [1.807, 2.05) is 13.8 Å². The zero-order chi connectivity index (χ0) is 13.7. The van der Waals surface area contributed by atoms with E-state index in [0.29, 0.717) is 0 Å². The van der Waals surface area contributed by atoms with Crippen LogP contribution in [0.4, 0.5) is 4.79 Å². The number of hydrogen-bond donors (Lipinski definition) is 3. The summed E-state index contributed by atoms with van der Waals surface area (Å²) in [6.45, 7) is 3.78. The molecule has 0 heterocycles. The van der Waals surface area contributed by atoms with Crippen molar-refractivity contribution in [2.24, 2.45) is 11.7 Å². The van der Waals surface area contributed by atoms with Gasteiger partial charge in [-0.25, -0.2) is 4.79 Å². The number of imide groups is 1. The Bertz CT molecular complexity index is 431. The lowest BCUT2D eigenvalue weighted by Crippen LogP contribution is -2.42. The Morgan fingerprint density at radius 3 is 2.28 bits per heavy atom. The van der Waals surface area contributed by atoms with Crippen molar-refractivity contribution in [3.05, 3.63) is 24.3 Å². The van der Waals surface area contributed by atoms with Gasteiger partial charge in [0.15, 0.2) is 0 Å². The third-order valence-electron chi connectivity index (χ3n) is 2.21. The van der Waals surface area contributed by atoms with E-state index in [2.05, 4.69) is 5.32 Å². The summed E-state index contributed by atoms with van der Waals surface area (Å²) in [5, 5.41) is 10.8. The van der Waals surface area contributed by atoms with E-state index in [9.17, 15) is 14.7 Å². The van der Waals surface area contributed by atoms with Crippen LogP contribution in [0.5, 0.6) is 5.75 Å². The third-order valence-corrected chi connectivity index (χ3v) is 3.77. The van der Waals surface area contributed by atoms with Gasteiger partial charge in [0, 0.05) is 4.90 Å². The summed E-state index contributed by atoms with van der Waals surface area (Å²) >= 11 is 1.32. The molecule has 1 rings (SSSR count). The number of phenols is 1. The fourth-order valence-corrected chi connectivity index (χ4v) is 2.38. The maximum Gasteiger partial charge on any atom is 0.318 e. The minimum Gasteiger partial charge on any atom is -0.508 e. The van der Waals surface area contributed by atoms with Crippen molar-refractivity contribution < 1.29 is 14.7 Å². The predicted molar refractivity (Wildman–Crippen MR) is 70.3 cm³/mol. The minimum absolute atomic E-state index is 0.0446. The number of amides is 3. The van der Waals surface area contributed by atoms with E-state index in [1.165, 1.54) is 11.8 Å². The molecule has 0 radical (unpaired) electrons. The molecule has 1 aromatic rings. The molecule has 0 aliphatic heterocycles. The molecule has 0 bridgehead atoms. The summed E-state index contributed by atoms with van der Waals surface area (Å²) in [5.74, 6) is -0.194. The Morgan fingerprint density at radius 1 is 1.28 bits per heavy atom. The SMILES string of the molecule is CC(C)[C@@H](Sc1ccc(O)cc1)C(=O)NC(N)=O. The van der Waals surface area contributed by atoms with Crippen LogP contribution in [0.2, 0.25) is 0 Å². The van der Waals surface area contributed by atoms with Crippen molar-refractivity contribution in [1.29, 1.82) is 0 Å². The number of carbonyl (C=O) groups excluding carboxylic acids is 2. The van der Waals surface area contributed by atoms with Crippen molar-refractivity contribution in [2.45, 2.75) is 24.0 Å². The smallest absolute Gasteiger partial charge is 0.318 e. The fraction of sp³-hybridized carbons (Fsp3) is 0.333. The summed E-state index contributed by atoms with van der Waals surface area (Å²) in [6.07, 6.45) is 0. The second-order valence-corrected chi connectivity index (χ2v) is 5.34. The summed E-state index contributed by atoms with van der Waals surface area (Å²) in [6, 6.07) is 5.68. The highest BCUT2D eigenvalue weighted by Crippen LogP contribution is 2.29. The molecule has 0 spiro atoms. The molecule has 4 N–H and O–H groups in total. The lowest BCUT2D eigenvalue weighted by Gasteiger charge is -2.18. The Morgan fingerprint density at radius 2 is 1.83 bits per heavy atom. The van der Waals surface area contributed by atoms with Crippen molar-refractivity contribution in [3.63, 3.8) is 0 Å². The first kappa shape index (κ1) is 14.4. The van der Waals surface area contributed by atoms with Crippen LogP contribution in [0.15, 0.2) is 29.2 Å². The fourth-order valence-electron chi connectivity index (χ4n) is 1.36. The first-order valence-corrected chi connectivity index (χ1v) is 6.34. The highest BCUT2D eigenvalue weighted by molar-refractivity contribution is 8.00. The average Bonchev–Trinajstić information content (AvgIpc) is 2.26. The highest BCUT2D eigenvalue weighted by Gasteiger charge is 2.24. The number of urea groups is 1. The van der Waals surface area contributed by atoms with Gasteiger partial charge in [0.2, 0.25) is 5.91 Å². The molecule has 1 atom stereocenters. The van der Waals surface area contributed by atoms with E-state index >= 15 is 0 Å². The maximum absolute atomic E-state index is 11.8. The number of benzene rings is 1. The van der Waals surface area contributed by atoms with Crippen LogP contribution >= 0.6 is 11.8 Å². The van der Waals surface area contributed by atoms with Crippen molar-refractivity contribution in [2.75, 3.05) is 0 Å². The van der Waals surface area contributed by atoms with Gasteiger partial charge in [0.05, 0.1) is 5.25 Å². The quantitative estimate of drug-likeness (QED) is 0.725. The van der Waals surface area contributed by atoms with Gasteiger partial charge < -0.3 is 10.8 Å².